The molecule has 0 amide bonds. The first-order valence-electron chi connectivity index (χ1n) is 7.24. The van der Waals surface area contributed by atoms with Crippen molar-refractivity contribution in [1.29, 1.82) is 0 Å². The Morgan fingerprint density at radius 2 is 2.05 bits per heavy atom. The fourth-order valence-electron chi connectivity index (χ4n) is 2.64. The second kappa shape index (κ2) is 5.98. The zero-order valence-corrected chi connectivity index (χ0v) is 14.7. The highest BCUT2D eigenvalue weighted by Crippen LogP contribution is 2.28. The summed E-state index contributed by atoms with van der Waals surface area (Å²) in [6, 6.07) is 2.60. The van der Waals surface area contributed by atoms with Gasteiger partial charge in [-0.3, -0.25) is 0 Å². The lowest BCUT2D eigenvalue weighted by atomic mass is 9.96. The molecule has 112 valence electrons. The van der Waals surface area contributed by atoms with Crippen LogP contribution in [0.25, 0.3) is 0 Å². The van der Waals surface area contributed by atoms with Gasteiger partial charge in [-0.15, -0.1) is 0 Å². The number of likely N-dealkylation sites (N-methyl/N-ethyl adjacent to an activating group) is 1. The number of halogens is 1. The second-order valence-electron chi connectivity index (χ2n) is 6.87. The summed E-state index contributed by atoms with van der Waals surface area (Å²) in [6.45, 7) is 8.62. The molecule has 1 aliphatic rings. The van der Waals surface area contributed by atoms with E-state index in [1.165, 1.54) is 12.8 Å². The Balaban J connectivity index is 2.30. The largest absolute Gasteiger partial charge is 0.352 e. The predicted molar refractivity (Wildman–Crippen MR) is 87.4 cm³/mol. The maximum absolute atomic E-state index is 4.81. The normalized spacial score (nSPS) is 19.9. The second-order valence-corrected chi connectivity index (χ2v) is 7.69. The summed E-state index contributed by atoms with van der Waals surface area (Å²) >= 11 is 3.54. The van der Waals surface area contributed by atoms with Crippen molar-refractivity contribution in [2.24, 2.45) is 0 Å². The molecule has 4 nitrogen and oxygen atoms in total. The smallest absolute Gasteiger partial charge is 0.137 e. The number of aromatic nitrogens is 2. The van der Waals surface area contributed by atoms with Gasteiger partial charge in [-0.05, 0) is 42.9 Å². The lowest BCUT2D eigenvalue weighted by Crippen LogP contribution is -2.38. The molecule has 1 unspecified atom stereocenters. The Hall–Kier alpha value is -0.680. The molecule has 1 atom stereocenters. The SMILES string of the molecule is CN(C)CC1CCCN1c1cc(Br)nc(C(C)(C)C)n1. The molecular weight excluding hydrogens is 316 g/mol. The summed E-state index contributed by atoms with van der Waals surface area (Å²) in [7, 11) is 4.26. The van der Waals surface area contributed by atoms with Crippen molar-refractivity contribution in [3.63, 3.8) is 0 Å². The Morgan fingerprint density at radius 1 is 1.35 bits per heavy atom. The van der Waals surface area contributed by atoms with Crippen LogP contribution in [0.5, 0.6) is 0 Å². The van der Waals surface area contributed by atoms with E-state index in [0.29, 0.717) is 6.04 Å². The highest BCUT2D eigenvalue weighted by atomic mass is 79.9. The molecule has 0 spiro atoms. The monoisotopic (exact) mass is 340 g/mol. The lowest BCUT2D eigenvalue weighted by Gasteiger charge is -2.29. The summed E-state index contributed by atoms with van der Waals surface area (Å²) < 4.78 is 0.878. The number of nitrogens with zero attached hydrogens (tertiary/aromatic N) is 4. The van der Waals surface area contributed by atoms with Crippen molar-refractivity contribution in [1.82, 2.24) is 14.9 Å². The van der Waals surface area contributed by atoms with Gasteiger partial charge in [0.1, 0.15) is 16.2 Å². The first-order valence-corrected chi connectivity index (χ1v) is 8.03. The Kier molecular flexibility index (Phi) is 4.69. The molecule has 0 bridgehead atoms. The molecule has 0 N–H and O–H groups in total. The van der Waals surface area contributed by atoms with Crippen molar-refractivity contribution in [3.8, 4) is 0 Å². The minimum atomic E-state index is -0.0324. The van der Waals surface area contributed by atoms with Crippen molar-refractivity contribution in [3.05, 3.63) is 16.5 Å². The van der Waals surface area contributed by atoms with Crippen molar-refractivity contribution in [2.45, 2.75) is 45.1 Å². The number of anilines is 1. The molecule has 20 heavy (non-hydrogen) atoms. The highest BCUT2D eigenvalue weighted by molar-refractivity contribution is 9.10. The van der Waals surface area contributed by atoms with Crippen molar-refractivity contribution < 1.29 is 0 Å². The summed E-state index contributed by atoms with van der Waals surface area (Å²) in [5.74, 6) is 1.96. The van der Waals surface area contributed by atoms with Gasteiger partial charge < -0.3 is 9.80 Å². The molecular formula is C15H25BrN4. The van der Waals surface area contributed by atoms with E-state index in [1.807, 2.05) is 6.07 Å². The van der Waals surface area contributed by atoms with Crippen LogP contribution in [-0.4, -0.2) is 48.1 Å². The topological polar surface area (TPSA) is 32.3 Å². The Morgan fingerprint density at radius 3 is 2.65 bits per heavy atom. The van der Waals surface area contributed by atoms with Crippen LogP contribution in [0.15, 0.2) is 10.7 Å². The zero-order valence-electron chi connectivity index (χ0n) is 13.1. The van der Waals surface area contributed by atoms with E-state index in [4.69, 9.17) is 4.98 Å². The number of rotatable bonds is 3. The van der Waals surface area contributed by atoms with Gasteiger partial charge in [0.25, 0.3) is 0 Å². The van der Waals surface area contributed by atoms with Crippen LogP contribution in [0.3, 0.4) is 0 Å². The molecule has 0 radical (unpaired) electrons. The average Bonchev–Trinajstić information content (AvgIpc) is 2.74. The third-order valence-electron chi connectivity index (χ3n) is 3.60. The first kappa shape index (κ1) is 15.7. The van der Waals surface area contributed by atoms with Crippen LogP contribution < -0.4 is 4.90 Å². The van der Waals surface area contributed by atoms with E-state index >= 15 is 0 Å². The Labute approximate surface area is 130 Å². The molecule has 0 aliphatic carbocycles. The van der Waals surface area contributed by atoms with Gasteiger partial charge in [0.05, 0.1) is 0 Å². The molecule has 1 saturated heterocycles. The van der Waals surface area contributed by atoms with E-state index in [9.17, 15) is 0 Å². The minimum Gasteiger partial charge on any atom is -0.352 e. The summed E-state index contributed by atoms with van der Waals surface area (Å²) in [5, 5.41) is 0. The van der Waals surface area contributed by atoms with Gasteiger partial charge in [0.2, 0.25) is 0 Å². The molecule has 1 fully saturated rings. The van der Waals surface area contributed by atoms with Gasteiger partial charge in [0, 0.05) is 30.6 Å². The molecule has 0 aromatic carbocycles. The first-order chi connectivity index (χ1) is 9.27. The van der Waals surface area contributed by atoms with Crippen LogP contribution in [0, 0.1) is 0 Å². The molecule has 2 heterocycles. The molecule has 1 aromatic heterocycles. The lowest BCUT2D eigenvalue weighted by molar-refractivity contribution is 0.371. The number of hydrogen-bond acceptors (Lipinski definition) is 4. The van der Waals surface area contributed by atoms with Crippen molar-refractivity contribution >= 4 is 21.7 Å². The van der Waals surface area contributed by atoms with Crippen LogP contribution >= 0.6 is 15.9 Å². The summed E-state index contributed by atoms with van der Waals surface area (Å²) in [6.07, 6.45) is 2.48. The molecule has 2 rings (SSSR count). The standard InChI is InChI=1S/C15H25BrN4/c1-15(2,3)14-17-12(16)9-13(18-14)20-8-6-7-11(20)10-19(4)5/h9,11H,6-8,10H2,1-5H3. The van der Waals surface area contributed by atoms with Gasteiger partial charge >= 0.3 is 0 Å². The highest BCUT2D eigenvalue weighted by Gasteiger charge is 2.28. The molecule has 1 aromatic rings. The third kappa shape index (κ3) is 3.70. The van der Waals surface area contributed by atoms with Gasteiger partial charge in [0.15, 0.2) is 0 Å². The van der Waals surface area contributed by atoms with E-state index in [1.54, 1.807) is 0 Å². The molecule has 1 aliphatic heterocycles. The molecule has 0 saturated carbocycles. The molecule has 5 heteroatoms. The summed E-state index contributed by atoms with van der Waals surface area (Å²) in [5.41, 5.74) is -0.0324. The van der Waals surface area contributed by atoms with Crippen LogP contribution in [0.2, 0.25) is 0 Å². The Bertz CT molecular complexity index is 467. The van der Waals surface area contributed by atoms with Gasteiger partial charge in [-0.1, -0.05) is 20.8 Å². The fraction of sp³-hybridized carbons (Fsp3) is 0.733. The van der Waals surface area contributed by atoms with E-state index in [0.717, 1.165) is 29.3 Å². The van der Waals surface area contributed by atoms with Crippen LogP contribution in [0.1, 0.15) is 39.4 Å². The maximum Gasteiger partial charge on any atom is 0.137 e. The van der Waals surface area contributed by atoms with E-state index in [-0.39, 0.29) is 5.41 Å². The van der Waals surface area contributed by atoms with Gasteiger partial charge in [-0.25, -0.2) is 9.97 Å². The van der Waals surface area contributed by atoms with Crippen LogP contribution in [0.4, 0.5) is 5.82 Å². The average molecular weight is 341 g/mol. The fourth-order valence-corrected chi connectivity index (χ4v) is 3.01. The van der Waals surface area contributed by atoms with Crippen LogP contribution in [-0.2, 0) is 5.41 Å². The predicted octanol–water partition coefficient (Wildman–Crippen LogP) is 3.07. The maximum atomic E-state index is 4.81. The van der Waals surface area contributed by atoms with Gasteiger partial charge in [-0.2, -0.15) is 0 Å². The van der Waals surface area contributed by atoms with E-state index in [2.05, 4.69) is 65.6 Å². The third-order valence-corrected chi connectivity index (χ3v) is 4.01. The van der Waals surface area contributed by atoms with Crippen molar-refractivity contribution in [2.75, 3.05) is 32.1 Å². The number of hydrogen-bond donors (Lipinski definition) is 0. The van der Waals surface area contributed by atoms with E-state index < -0.39 is 0 Å². The minimum absolute atomic E-state index is 0.0324. The zero-order chi connectivity index (χ0) is 14.9. The quantitative estimate of drug-likeness (QED) is 0.791. The summed E-state index contributed by atoms with van der Waals surface area (Å²) in [4.78, 5) is 14.0.